The lowest BCUT2D eigenvalue weighted by Crippen LogP contribution is -2.09. The number of benzene rings is 6. The van der Waals surface area contributed by atoms with E-state index in [0.717, 1.165) is 0 Å². The molecule has 0 saturated heterocycles. The van der Waals surface area contributed by atoms with Gasteiger partial charge in [0.15, 0.2) is 34.5 Å². The first kappa shape index (κ1) is 40.9. The molecular formula is C51H36N3O13P. The van der Waals surface area contributed by atoms with Gasteiger partial charge in [-0.05, 0) is 91.0 Å². The third-order valence-electron chi connectivity index (χ3n) is 11.6. The van der Waals surface area contributed by atoms with Gasteiger partial charge in [-0.2, -0.15) is 4.57 Å². The monoisotopic (exact) mass is 929 g/mol. The summed E-state index contributed by atoms with van der Waals surface area (Å²) >= 11 is 0. The highest BCUT2D eigenvalue weighted by molar-refractivity contribution is 7.49. The molecule has 9 aromatic rings. The smallest absolute Gasteiger partial charge is 0.497 e. The predicted molar refractivity (Wildman–Crippen MR) is 249 cm³/mol. The van der Waals surface area contributed by atoms with E-state index in [1.165, 1.54) is 0 Å². The van der Waals surface area contributed by atoms with Crippen molar-refractivity contribution < 1.29 is 60.8 Å². The van der Waals surface area contributed by atoms with E-state index >= 15 is 4.57 Å². The van der Waals surface area contributed by atoms with E-state index in [1.54, 1.807) is 75.9 Å². The summed E-state index contributed by atoms with van der Waals surface area (Å²) in [5.74, 6) is 5.05. The minimum Gasteiger partial charge on any atom is -0.497 e. The summed E-state index contributed by atoms with van der Waals surface area (Å²) in [4.78, 5) is 15.0. The largest absolute Gasteiger partial charge is 0.647 e. The molecular weight excluding hydrogens is 894 g/mol. The number of phosphoric ester groups is 1. The number of hydrogen-bond acceptors (Lipinski definition) is 16. The van der Waals surface area contributed by atoms with Crippen LogP contribution in [0.2, 0.25) is 0 Å². The van der Waals surface area contributed by atoms with E-state index in [9.17, 15) is 0 Å². The summed E-state index contributed by atoms with van der Waals surface area (Å²) in [6, 6.07) is 37.5. The van der Waals surface area contributed by atoms with Crippen LogP contribution in [-0.4, -0.2) is 56.7 Å². The first-order valence-electron chi connectivity index (χ1n) is 21.1. The number of pyridine rings is 3. The van der Waals surface area contributed by atoms with Gasteiger partial charge in [0.25, 0.3) is 0 Å². The zero-order valence-corrected chi connectivity index (χ0v) is 37.2. The predicted octanol–water partition coefficient (Wildman–Crippen LogP) is 11.2. The molecule has 17 heteroatoms. The van der Waals surface area contributed by atoms with Crippen LogP contribution in [0.3, 0.4) is 0 Å². The Labute approximate surface area is 387 Å². The molecule has 6 heterocycles. The maximum Gasteiger partial charge on any atom is 0.647 e. The van der Waals surface area contributed by atoms with Crippen molar-refractivity contribution in [2.75, 3.05) is 41.7 Å². The number of ether oxygens (including phenoxy) is 9. The van der Waals surface area contributed by atoms with Gasteiger partial charge in [0.05, 0.1) is 55.0 Å². The van der Waals surface area contributed by atoms with Crippen molar-refractivity contribution in [2.45, 2.75) is 0 Å². The Hall–Kier alpha value is -8.62. The van der Waals surface area contributed by atoms with Crippen LogP contribution in [0.25, 0.3) is 66.5 Å². The first-order valence-corrected chi connectivity index (χ1v) is 22.6. The third kappa shape index (κ3) is 7.46. The van der Waals surface area contributed by atoms with Crippen molar-refractivity contribution in [1.29, 1.82) is 0 Å². The minimum absolute atomic E-state index is 0.00605. The standard InChI is InChI=1S/C51H36N3O13P/c1-56-31-10-4-28(5-11-31)37-19-43(34-16-46-49(62-25-59-46)22-40(34)52-37)65-68(55,66-44-20-38(29-6-12-32(57-2)13-7-29)53-41-23-50-47(17-35(41)44)60-26-63-50)67-45-21-39(30-8-14-33(58-3)15-9-30)54-42-24-51-48(18-36(42)45)61-27-64-51/h4-24H,25-27H2,1-3H3. The van der Waals surface area contributed by atoms with Crippen LogP contribution in [0, 0.1) is 0 Å². The second-order valence-electron chi connectivity index (χ2n) is 15.6. The maximum absolute atomic E-state index is 16.4. The van der Waals surface area contributed by atoms with Crippen LogP contribution < -0.4 is 56.2 Å². The summed E-state index contributed by atoms with van der Waals surface area (Å²) < 4.78 is 87.8. The fraction of sp³-hybridized carbons (Fsp3) is 0.118. The lowest BCUT2D eigenvalue weighted by molar-refractivity contribution is 0.173. The zero-order chi connectivity index (χ0) is 45.9. The quantitative estimate of drug-likeness (QED) is 0.106. The lowest BCUT2D eigenvalue weighted by Gasteiger charge is -2.23. The normalized spacial score (nSPS) is 13.2. The van der Waals surface area contributed by atoms with Crippen molar-refractivity contribution in [1.82, 2.24) is 15.0 Å². The maximum atomic E-state index is 16.4. The van der Waals surface area contributed by atoms with Crippen LogP contribution in [0.15, 0.2) is 127 Å². The van der Waals surface area contributed by atoms with Gasteiger partial charge in [-0.25, -0.2) is 15.0 Å². The molecule has 0 radical (unpaired) electrons. The van der Waals surface area contributed by atoms with Crippen molar-refractivity contribution >= 4 is 40.5 Å². The molecule has 16 nitrogen and oxygen atoms in total. The summed E-state index contributed by atoms with van der Waals surface area (Å²) in [5.41, 5.74) is 4.95. The highest BCUT2D eigenvalue weighted by Gasteiger charge is 2.37. The molecule has 0 N–H and O–H groups in total. The summed E-state index contributed by atoms with van der Waals surface area (Å²) in [5, 5.41) is 1.30. The highest BCUT2D eigenvalue weighted by Crippen LogP contribution is 2.56. The molecule has 0 amide bonds. The number of nitrogens with zero attached hydrogens (tertiary/aromatic N) is 3. The summed E-state index contributed by atoms with van der Waals surface area (Å²) in [7, 11) is -0.211. The third-order valence-corrected chi connectivity index (χ3v) is 12.8. The minimum atomic E-state index is -4.99. The van der Waals surface area contributed by atoms with E-state index in [-0.39, 0.29) is 37.6 Å². The van der Waals surface area contributed by atoms with Crippen LogP contribution in [0.4, 0.5) is 0 Å². The molecule has 0 aliphatic carbocycles. The fourth-order valence-corrected chi connectivity index (χ4v) is 9.42. The molecule has 338 valence electrons. The van der Waals surface area contributed by atoms with Crippen molar-refractivity contribution in [3.05, 3.63) is 127 Å². The lowest BCUT2D eigenvalue weighted by atomic mass is 10.1. The van der Waals surface area contributed by atoms with Crippen LogP contribution in [0.1, 0.15) is 0 Å². The van der Waals surface area contributed by atoms with Gasteiger partial charge in [-0.15, -0.1) is 0 Å². The van der Waals surface area contributed by atoms with Gasteiger partial charge in [0, 0.05) is 69.2 Å². The average molecular weight is 930 g/mol. The molecule has 6 aromatic carbocycles. The molecule has 0 unspecified atom stereocenters. The van der Waals surface area contributed by atoms with E-state index in [2.05, 4.69) is 0 Å². The van der Waals surface area contributed by atoms with Crippen LogP contribution in [0.5, 0.6) is 69.0 Å². The highest BCUT2D eigenvalue weighted by atomic mass is 31.2. The Morgan fingerprint density at radius 2 is 0.647 bits per heavy atom. The Balaban J connectivity index is 1.07. The molecule has 0 saturated carbocycles. The molecule has 12 rings (SSSR count). The van der Waals surface area contributed by atoms with E-state index in [0.29, 0.717) is 118 Å². The fourth-order valence-electron chi connectivity index (χ4n) is 8.13. The van der Waals surface area contributed by atoms with E-state index < -0.39 is 7.82 Å². The molecule has 0 bridgehead atoms. The molecule has 0 fully saturated rings. The van der Waals surface area contributed by atoms with Crippen molar-refractivity contribution in [3.63, 3.8) is 0 Å². The number of fused-ring (bicyclic) bond motifs is 6. The number of phosphoric acid groups is 1. The van der Waals surface area contributed by atoms with Gasteiger partial charge < -0.3 is 56.2 Å². The number of rotatable bonds is 12. The van der Waals surface area contributed by atoms with Crippen LogP contribution >= 0.6 is 7.82 Å². The van der Waals surface area contributed by atoms with Gasteiger partial charge in [-0.1, -0.05) is 0 Å². The molecule has 68 heavy (non-hydrogen) atoms. The Kier molecular flexibility index (Phi) is 9.83. The second kappa shape index (κ2) is 16.4. The SMILES string of the molecule is COc1ccc(-c2cc(OP(=O)(Oc3cc(-c4ccc(OC)cc4)nc4cc5c(cc34)OCO5)Oc3cc(-c4ccc(OC)cc4)nc4cc5c(cc34)OCO5)c3cc4c(cc3n2)OCO4)cc1. The van der Waals surface area contributed by atoms with Gasteiger partial charge >= 0.3 is 7.82 Å². The molecule has 0 spiro atoms. The number of methoxy groups -OCH3 is 3. The average Bonchev–Trinajstić information content (AvgIpc) is 4.16. The van der Waals surface area contributed by atoms with Crippen LogP contribution in [-0.2, 0) is 4.57 Å². The first-order chi connectivity index (χ1) is 33.3. The summed E-state index contributed by atoms with van der Waals surface area (Å²) in [6.07, 6.45) is 0. The Bertz CT molecular complexity index is 3150. The van der Waals surface area contributed by atoms with Crippen molar-refractivity contribution in [2.24, 2.45) is 0 Å². The van der Waals surface area contributed by atoms with Gasteiger partial charge in [0.1, 0.15) is 34.5 Å². The molecule has 3 aliphatic heterocycles. The number of aromatic nitrogens is 3. The van der Waals surface area contributed by atoms with Crippen molar-refractivity contribution in [3.8, 4) is 103 Å². The molecule has 0 atom stereocenters. The zero-order valence-electron chi connectivity index (χ0n) is 36.3. The van der Waals surface area contributed by atoms with E-state index in [4.69, 9.17) is 71.2 Å². The number of hydrogen-bond donors (Lipinski definition) is 0. The molecule has 3 aliphatic rings. The topological polar surface area (TPSA) is 166 Å². The second-order valence-corrected chi connectivity index (χ2v) is 17.0. The van der Waals surface area contributed by atoms with Gasteiger partial charge in [-0.3, -0.25) is 0 Å². The Morgan fingerprint density at radius 3 is 0.912 bits per heavy atom. The van der Waals surface area contributed by atoms with Gasteiger partial charge in [0.2, 0.25) is 20.4 Å². The molecule has 3 aromatic heterocycles. The summed E-state index contributed by atoms with van der Waals surface area (Å²) in [6.45, 7) is 0.0182. The Morgan fingerprint density at radius 1 is 0.382 bits per heavy atom. The van der Waals surface area contributed by atoms with E-state index in [1.807, 2.05) is 72.8 Å².